The molecule has 39 heavy (non-hydrogen) atoms. The van der Waals surface area contributed by atoms with Crippen LogP contribution in [-0.2, 0) is 16.4 Å². The molecule has 0 bridgehead atoms. The maximum Gasteiger partial charge on any atom is 0.501 e. The van der Waals surface area contributed by atoms with Gasteiger partial charge in [-0.05, 0) is 73.2 Å². The highest BCUT2D eigenvalue weighted by Gasteiger charge is 2.46. The van der Waals surface area contributed by atoms with E-state index in [1.165, 1.54) is 24.8 Å². The van der Waals surface area contributed by atoms with Crippen molar-refractivity contribution in [1.29, 1.82) is 0 Å². The van der Waals surface area contributed by atoms with Crippen molar-refractivity contribution in [2.24, 2.45) is 0 Å². The zero-order valence-corrected chi connectivity index (χ0v) is 21.2. The number of nitrogens with one attached hydrogen (secondary N) is 1. The summed E-state index contributed by atoms with van der Waals surface area (Å²) in [5.41, 5.74) is -5.19. The van der Waals surface area contributed by atoms with E-state index < -0.39 is 37.7 Å². The van der Waals surface area contributed by atoms with Crippen LogP contribution in [0.4, 0.5) is 19.0 Å². The van der Waals surface area contributed by atoms with Gasteiger partial charge in [-0.2, -0.15) is 13.2 Å². The summed E-state index contributed by atoms with van der Waals surface area (Å²) < 4.78 is 68.8. The van der Waals surface area contributed by atoms with Gasteiger partial charge < -0.3 is 15.2 Å². The van der Waals surface area contributed by atoms with Crippen LogP contribution in [0, 0.1) is 6.92 Å². The molecule has 4 aromatic rings. The topological polar surface area (TPSA) is 133 Å². The average Bonchev–Trinajstić information content (AvgIpc) is 3.11. The molecule has 2 heterocycles. The van der Waals surface area contributed by atoms with Crippen molar-refractivity contribution >= 4 is 21.6 Å². The van der Waals surface area contributed by atoms with Gasteiger partial charge in [-0.3, -0.25) is 9.36 Å². The number of rotatable bonds is 7. The SMILES string of the molecule is COc1ccc(C(=O)Nc2cc(Cn3c(C)c(O)n(-c4ccc(S(=O)(=O)C(F)(F)F)cc4)c3=O)ccn2)cc1. The normalized spacial score (nSPS) is 11.8. The summed E-state index contributed by atoms with van der Waals surface area (Å²) in [5.74, 6) is -0.0990. The first-order valence-corrected chi connectivity index (χ1v) is 12.6. The Kier molecular flexibility index (Phi) is 7.24. The van der Waals surface area contributed by atoms with Crippen LogP contribution in [0.1, 0.15) is 21.6 Å². The van der Waals surface area contributed by atoms with Crippen molar-refractivity contribution in [2.45, 2.75) is 23.9 Å². The van der Waals surface area contributed by atoms with Crippen LogP contribution in [0.5, 0.6) is 11.6 Å². The Morgan fingerprint density at radius 1 is 1.08 bits per heavy atom. The molecule has 0 saturated carbocycles. The molecule has 0 radical (unpaired) electrons. The Bertz CT molecular complexity index is 1690. The molecule has 4 rings (SSSR count). The molecule has 2 aromatic carbocycles. The second kappa shape index (κ2) is 10.3. The van der Waals surface area contributed by atoms with Gasteiger partial charge in [0.15, 0.2) is 0 Å². The lowest BCUT2D eigenvalue weighted by atomic mass is 10.2. The molecular formula is C25H21F3N4O6S. The predicted molar refractivity (Wildman–Crippen MR) is 134 cm³/mol. The fourth-order valence-corrected chi connectivity index (χ4v) is 4.48. The molecule has 10 nitrogen and oxygen atoms in total. The number of halogens is 3. The molecule has 1 amide bonds. The summed E-state index contributed by atoms with van der Waals surface area (Å²) in [6, 6.07) is 13.0. The Hall–Kier alpha value is -4.59. The van der Waals surface area contributed by atoms with Gasteiger partial charge in [0.2, 0.25) is 5.88 Å². The third kappa shape index (κ3) is 5.36. The molecule has 0 saturated heterocycles. The van der Waals surface area contributed by atoms with Gasteiger partial charge in [0, 0.05) is 11.8 Å². The molecule has 0 aliphatic rings. The summed E-state index contributed by atoms with van der Waals surface area (Å²) in [5, 5.41) is 13.3. The van der Waals surface area contributed by atoms with E-state index in [0.717, 1.165) is 16.7 Å². The van der Waals surface area contributed by atoms with Crippen molar-refractivity contribution < 1.29 is 36.2 Å². The number of anilines is 1. The van der Waals surface area contributed by atoms with Gasteiger partial charge in [0.05, 0.1) is 29.9 Å². The molecule has 0 atom stereocenters. The van der Waals surface area contributed by atoms with Crippen molar-refractivity contribution in [3.63, 3.8) is 0 Å². The number of aromatic hydroxyl groups is 1. The Morgan fingerprint density at radius 3 is 2.31 bits per heavy atom. The number of nitrogens with zero attached hydrogens (tertiary/aromatic N) is 3. The Morgan fingerprint density at radius 2 is 1.72 bits per heavy atom. The number of amides is 1. The average molecular weight is 563 g/mol. The van der Waals surface area contributed by atoms with E-state index in [4.69, 9.17) is 4.74 Å². The Labute approximate surface area is 219 Å². The number of carbonyl (C=O) groups excluding carboxylic acids is 1. The zero-order valence-electron chi connectivity index (χ0n) is 20.4. The third-order valence-corrected chi connectivity index (χ3v) is 7.33. The molecule has 14 heteroatoms. The van der Waals surface area contributed by atoms with Gasteiger partial charge >= 0.3 is 11.2 Å². The third-order valence-electron chi connectivity index (χ3n) is 5.83. The first-order valence-electron chi connectivity index (χ1n) is 11.2. The van der Waals surface area contributed by atoms with Crippen LogP contribution in [0.2, 0.25) is 0 Å². The lowest BCUT2D eigenvalue weighted by Crippen LogP contribution is -2.25. The minimum atomic E-state index is -5.57. The number of sulfone groups is 1. The number of benzene rings is 2. The summed E-state index contributed by atoms with van der Waals surface area (Å²) >= 11 is 0. The molecule has 2 N–H and O–H groups in total. The van der Waals surface area contributed by atoms with Gasteiger partial charge in [-0.15, -0.1) is 0 Å². The van der Waals surface area contributed by atoms with E-state index in [9.17, 15) is 36.3 Å². The summed E-state index contributed by atoms with van der Waals surface area (Å²) in [4.78, 5) is 28.8. The van der Waals surface area contributed by atoms with E-state index in [0.29, 0.717) is 29.0 Å². The van der Waals surface area contributed by atoms with E-state index in [1.54, 1.807) is 36.4 Å². The highest BCUT2D eigenvalue weighted by atomic mass is 32.2. The number of hydrogen-bond donors (Lipinski definition) is 2. The first-order chi connectivity index (χ1) is 18.3. The maximum atomic E-state index is 13.1. The number of imidazole rings is 1. The van der Waals surface area contributed by atoms with Crippen LogP contribution < -0.4 is 15.7 Å². The summed E-state index contributed by atoms with van der Waals surface area (Å²) in [7, 11) is -4.06. The lowest BCUT2D eigenvalue weighted by molar-refractivity contribution is -0.0436. The van der Waals surface area contributed by atoms with Gasteiger partial charge in [-0.1, -0.05) is 0 Å². The highest BCUT2D eigenvalue weighted by molar-refractivity contribution is 7.92. The molecule has 0 fully saturated rings. The fraction of sp³-hybridized carbons (Fsp3) is 0.160. The quantitative estimate of drug-likeness (QED) is 0.351. The fourth-order valence-electron chi connectivity index (χ4n) is 3.72. The number of aromatic nitrogens is 3. The highest BCUT2D eigenvalue weighted by Crippen LogP contribution is 2.31. The minimum absolute atomic E-state index is 0.0392. The van der Waals surface area contributed by atoms with Crippen LogP contribution in [0.3, 0.4) is 0 Å². The van der Waals surface area contributed by atoms with Crippen LogP contribution in [-0.4, -0.2) is 46.2 Å². The van der Waals surface area contributed by atoms with E-state index in [-0.39, 0.29) is 23.7 Å². The molecule has 204 valence electrons. The van der Waals surface area contributed by atoms with Crippen LogP contribution in [0.25, 0.3) is 5.69 Å². The van der Waals surface area contributed by atoms with Gasteiger partial charge in [0.25, 0.3) is 15.7 Å². The van der Waals surface area contributed by atoms with Crippen molar-refractivity contribution in [1.82, 2.24) is 14.1 Å². The minimum Gasteiger partial charge on any atom is -0.497 e. The number of carbonyl (C=O) groups is 1. The van der Waals surface area contributed by atoms with Crippen LogP contribution in [0.15, 0.2) is 76.6 Å². The molecule has 0 aliphatic carbocycles. The molecule has 0 unspecified atom stereocenters. The number of pyridine rings is 1. The molecule has 0 spiro atoms. The zero-order chi connectivity index (χ0) is 28.5. The van der Waals surface area contributed by atoms with Crippen LogP contribution >= 0.6 is 0 Å². The van der Waals surface area contributed by atoms with Crippen molar-refractivity contribution in [3.05, 3.63) is 94.2 Å². The first kappa shape index (κ1) is 27.4. The summed E-state index contributed by atoms with van der Waals surface area (Å²) in [6.07, 6.45) is 1.43. The molecular weight excluding hydrogens is 541 g/mol. The number of ether oxygens (including phenoxy) is 1. The molecule has 2 aromatic heterocycles. The monoisotopic (exact) mass is 562 g/mol. The van der Waals surface area contributed by atoms with Gasteiger partial charge in [-0.25, -0.2) is 22.8 Å². The predicted octanol–water partition coefficient (Wildman–Crippen LogP) is 3.65. The second-order valence-corrected chi connectivity index (χ2v) is 10.2. The van der Waals surface area contributed by atoms with Crippen molar-refractivity contribution in [3.8, 4) is 17.3 Å². The number of hydrogen-bond acceptors (Lipinski definition) is 7. The number of methoxy groups -OCH3 is 1. The Balaban J connectivity index is 1.58. The van der Waals surface area contributed by atoms with E-state index in [1.807, 2.05) is 0 Å². The number of alkyl halides is 3. The lowest BCUT2D eigenvalue weighted by Gasteiger charge is -2.09. The van der Waals surface area contributed by atoms with Crippen molar-refractivity contribution in [2.75, 3.05) is 12.4 Å². The maximum absolute atomic E-state index is 13.1. The van der Waals surface area contributed by atoms with Gasteiger partial charge in [0.1, 0.15) is 11.6 Å². The van der Waals surface area contributed by atoms with E-state index >= 15 is 0 Å². The summed E-state index contributed by atoms with van der Waals surface area (Å²) in [6.45, 7) is 1.42. The van der Waals surface area contributed by atoms with E-state index in [2.05, 4.69) is 10.3 Å². The standard InChI is InChI=1S/C25H21F3N4O6S/c1-15-23(34)32(18-5-9-20(10-6-18)39(36,37)25(26,27)28)24(35)31(15)14-16-11-12-29-21(13-16)30-22(33)17-3-7-19(38-2)8-4-17/h3-13,34H,14H2,1-2H3,(H,29,30,33). The molecule has 0 aliphatic heterocycles. The largest absolute Gasteiger partial charge is 0.501 e. The smallest absolute Gasteiger partial charge is 0.497 e. The second-order valence-electron chi connectivity index (χ2n) is 8.29.